The Kier molecular flexibility index (Phi) is 4.02. The highest BCUT2D eigenvalue weighted by atomic mass is 19.1. The highest BCUT2D eigenvalue weighted by Crippen LogP contribution is 2.25. The van der Waals surface area contributed by atoms with Gasteiger partial charge in [0, 0.05) is 32.5 Å². The first-order valence-corrected chi connectivity index (χ1v) is 6.26. The van der Waals surface area contributed by atoms with Crippen LogP contribution in [0.4, 0.5) is 27.5 Å². The number of nitrogens with zero attached hydrogens (tertiary/aromatic N) is 3. The number of benzene rings is 1. The summed E-state index contributed by atoms with van der Waals surface area (Å²) in [5.41, 5.74) is 3.00. The largest absolute Gasteiger partial charge is 0.377 e. The van der Waals surface area contributed by atoms with Gasteiger partial charge in [0.15, 0.2) is 11.6 Å². The fourth-order valence-corrected chi connectivity index (χ4v) is 1.88. The molecule has 106 valence electrons. The van der Waals surface area contributed by atoms with Crippen molar-refractivity contribution in [2.24, 2.45) is 0 Å². The van der Waals surface area contributed by atoms with Crippen LogP contribution in [-0.2, 0) is 0 Å². The van der Waals surface area contributed by atoms with Crippen molar-refractivity contribution >= 4 is 23.1 Å². The van der Waals surface area contributed by atoms with Crippen LogP contribution in [0.5, 0.6) is 0 Å². The van der Waals surface area contributed by atoms with E-state index in [0.717, 1.165) is 23.1 Å². The molecule has 20 heavy (non-hydrogen) atoms. The van der Waals surface area contributed by atoms with Gasteiger partial charge < -0.3 is 15.5 Å². The van der Waals surface area contributed by atoms with Crippen LogP contribution in [0.3, 0.4) is 0 Å². The zero-order valence-corrected chi connectivity index (χ0v) is 12.0. The molecule has 0 amide bonds. The predicted octanol–water partition coefficient (Wildman–Crippen LogP) is 2.78. The molecule has 2 aromatic rings. The van der Waals surface area contributed by atoms with Gasteiger partial charge in [0.1, 0.15) is 0 Å². The third kappa shape index (κ3) is 2.96. The molecule has 1 heterocycles. The van der Waals surface area contributed by atoms with E-state index in [1.807, 2.05) is 44.1 Å². The zero-order chi connectivity index (χ0) is 14.7. The lowest BCUT2D eigenvalue weighted by Crippen LogP contribution is -2.10. The van der Waals surface area contributed by atoms with Crippen LogP contribution in [0.25, 0.3) is 0 Å². The average Bonchev–Trinajstić information content (AvgIpc) is 2.43. The van der Waals surface area contributed by atoms with Gasteiger partial charge in [-0.25, -0.2) is 9.37 Å². The summed E-state index contributed by atoms with van der Waals surface area (Å²) >= 11 is 0. The van der Waals surface area contributed by atoms with Crippen molar-refractivity contribution in [2.45, 2.75) is 6.92 Å². The van der Waals surface area contributed by atoms with Crippen LogP contribution in [0.15, 0.2) is 24.4 Å². The maximum Gasteiger partial charge on any atom is 0.224 e. The third-order valence-corrected chi connectivity index (χ3v) is 2.92. The highest BCUT2D eigenvalue weighted by Gasteiger charge is 2.08. The molecule has 5 nitrogen and oxygen atoms in total. The minimum Gasteiger partial charge on any atom is -0.377 e. The van der Waals surface area contributed by atoms with Gasteiger partial charge in [-0.3, -0.25) is 0 Å². The lowest BCUT2D eigenvalue weighted by atomic mass is 10.1. The number of aryl methyl sites for hydroxylation is 1. The van der Waals surface area contributed by atoms with Crippen LogP contribution in [-0.4, -0.2) is 31.1 Å². The standard InChI is InChI=1S/C14H18FN5/c1-9-5-6-10(7-12(9)20(3)4)18-13-11(15)8-17-14(16-2)19-13/h5-8H,1-4H3,(H2,16,17,18,19). The Morgan fingerprint density at radius 1 is 1.25 bits per heavy atom. The molecule has 1 aromatic heterocycles. The Bertz CT molecular complexity index is 613. The van der Waals surface area contributed by atoms with E-state index < -0.39 is 5.82 Å². The lowest BCUT2D eigenvalue weighted by molar-refractivity contribution is 0.619. The Morgan fingerprint density at radius 2 is 2.00 bits per heavy atom. The number of halogens is 1. The molecule has 0 atom stereocenters. The molecule has 0 aliphatic rings. The molecule has 0 spiro atoms. The van der Waals surface area contributed by atoms with E-state index in [1.54, 1.807) is 7.05 Å². The summed E-state index contributed by atoms with van der Waals surface area (Å²) < 4.78 is 13.7. The fourth-order valence-electron chi connectivity index (χ4n) is 1.88. The van der Waals surface area contributed by atoms with Gasteiger partial charge >= 0.3 is 0 Å². The molecule has 0 aliphatic carbocycles. The SMILES string of the molecule is CNc1ncc(F)c(Nc2ccc(C)c(N(C)C)c2)n1. The van der Waals surface area contributed by atoms with Crippen molar-refractivity contribution in [3.05, 3.63) is 35.8 Å². The minimum absolute atomic E-state index is 0.151. The first-order valence-electron chi connectivity index (χ1n) is 6.26. The number of anilines is 4. The predicted molar refractivity (Wildman–Crippen MR) is 80.3 cm³/mol. The monoisotopic (exact) mass is 275 g/mol. The number of rotatable bonds is 4. The molecule has 0 saturated carbocycles. The van der Waals surface area contributed by atoms with Crippen molar-refractivity contribution in [2.75, 3.05) is 36.7 Å². The second-order valence-corrected chi connectivity index (χ2v) is 4.66. The van der Waals surface area contributed by atoms with Crippen LogP contribution in [0.2, 0.25) is 0 Å². The zero-order valence-electron chi connectivity index (χ0n) is 12.0. The highest BCUT2D eigenvalue weighted by molar-refractivity contribution is 5.66. The topological polar surface area (TPSA) is 53.1 Å². The Morgan fingerprint density at radius 3 is 2.65 bits per heavy atom. The van der Waals surface area contributed by atoms with Gasteiger partial charge in [0.2, 0.25) is 5.95 Å². The van der Waals surface area contributed by atoms with Gasteiger partial charge in [-0.15, -0.1) is 0 Å². The number of hydrogen-bond donors (Lipinski definition) is 2. The van der Waals surface area contributed by atoms with Gasteiger partial charge in [0.25, 0.3) is 0 Å². The maximum absolute atomic E-state index is 13.7. The van der Waals surface area contributed by atoms with E-state index in [0.29, 0.717) is 5.95 Å². The summed E-state index contributed by atoms with van der Waals surface area (Å²) in [5, 5.41) is 5.76. The van der Waals surface area contributed by atoms with E-state index in [4.69, 9.17) is 0 Å². The van der Waals surface area contributed by atoms with Crippen molar-refractivity contribution in [3.8, 4) is 0 Å². The summed E-state index contributed by atoms with van der Waals surface area (Å²) in [4.78, 5) is 9.88. The summed E-state index contributed by atoms with van der Waals surface area (Å²) in [7, 11) is 5.63. The van der Waals surface area contributed by atoms with Crippen LogP contribution >= 0.6 is 0 Å². The molecule has 1 aromatic carbocycles. The number of nitrogens with one attached hydrogen (secondary N) is 2. The quantitative estimate of drug-likeness (QED) is 0.898. The lowest BCUT2D eigenvalue weighted by Gasteiger charge is -2.17. The Hall–Kier alpha value is -2.37. The fraction of sp³-hybridized carbons (Fsp3) is 0.286. The summed E-state index contributed by atoms with van der Waals surface area (Å²) in [6, 6.07) is 5.83. The molecule has 0 bridgehead atoms. The smallest absolute Gasteiger partial charge is 0.224 e. The van der Waals surface area contributed by atoms with Gasteiger partial charge in [-0.2, -0.15) is 4.98 Å². The molecule has 0 unspecified atom stereocenters. The summed E-state index contributed by atoms with van der Waals surface area (Å²) in [6.07, 6.45) is 1.14. The summed E-state index contributed by atoms with van der Waals surface area (Å²) in [6.45, 7) is 2.03. The third-order valence-electron chi connectivity index (χ3n) is 2.92. The van der Waals surface area contributed by atoms with Gasteiger partial charge in [-0.1, -0.05) is 6.07 Å². The average molecular weight is 275 g/mol. The first-order chi connectivity index (χ1) is 9.51. The van der Waals surface area contributed by atoms with Crippen molar-refractivity contribution in [1.29, 1.82) is 0 Å². The number of aromatic nitrogens is 2. The normalized spacial score (nSPS) is 10.2. The van der Waals surface area contributed by atoms with Crippen LogP contribution in [0.1, 0.15) is 5.56 Å². The second-order valence-electron chi connectivity index (χ2n) is 4.66. The second kappa shape index (κ2) is 5.73. The molecule has 6 heteroatoms. The Labute approximate surface area is 117 Å². The van der Waals surface area contributed by atoms with Crippen molar-refractivity contribution in [3.63, 3.8) is 0 Å². The van der Waals surface area contributed by atoms with Crippen LogP contribution in [0, 0.1) is 12.7 Å². The molecule has 0 saturated heterocycles. The van der Waals surface area contributed by atoms with Crippen molar-refractivity contribution < 1.29 is 4.39 Å². The van der Waals surface area contributed by atoms with Crippen molar-refractivity contribution in [1.82, 2.24) is 9.97 Å². The van der Waals surface area contributed by atoms with Crippen LogP contribution < -0.4 is 15.5 Å². The van der Waals surface area contributed by atoms with E-state index in [2.05, 4.69) is 20.6 Å². The molecule has 2 rings (SSSR count). The van der Waals surface area contributed by atoms with Gasteiger partial charge in [-0.05, 0) is 24.6 Å². The molecular weight excluding hydrogens is 257 g/mol. The van der Waals surface area contributed by atoms with E-state index in [9.17, 15) is 4.39 Å². The maximum atomic E-state index is 13.7. The number of hydrogen-bond acceptors (Lipinski definition) is 5. The minimum atomic E-state index is -0.490. The molecule has 0 radical (unpaired) electrons. The van der Waals surface area contributed by atoms with Gasteiger partial charge in [0.05, 0.1) is 6.20 Å². The summed E-state index contributed by atoms with van der Waals surface area (Å²) in [5.74, 6) is 0.0303. The molecular formula is C14H18FN5. The van der Waals surface area contributed by atoms with E-state index in [-0.39, 0.29) is 5.82 Å². The molecule has 2 N–H and O–H groups in total. The molecule has 0 aliphatic heterocycles. The first kappa shape index (κ1) is 14.0. The molecule has 0 fully saturated rings. The van der Waals surface area contributed by atoms with E-state index in [1.165, 1.54) is 0 Å². The van der Waals surface area contributed by atoms with E-state index >= 15 is 0 Å². The Balaban J connectivity index is 2.32.